The zero-order valence-corrected chi connectivity index (χ0v) is 10.8. The summed E-state index contributed by atoms with van der Waals surface area (Å²) in [5.41, 5.74) is 1.96. The maximum atomic E-state index is 11.8. The van der Waals surface area contributed by atoms with E-state index in [4.69, 9.17) is 0 Å². The fraction of sp³-hybridized carbons (Fsp3) is 0.417. The van der Waals surface area contributed by atoms with Crippen molar-refractivity contribution >= 4 is 17.1 Å². The smallest absolute Gasteiger partial charge is 0.144 e. The zero-order valence-electron chi connectivity index (χ0n) is 10.0. The van der Waals surface area contributed by atoms with Crippen LogP contribution >= 0.6 is 11.3 Å². The SMILES string of the molecule is CCn1cc(CC(=O)Cc2nc(C)cs2)cn1. The van der Waals surface area contributed by atoms with Crippen molar-refractivity contribution in [2.24, 2.45) is 0 Å². The van der Waals surface area contributed by atoms with Crippen molar-refractivity contribution < 1.29 is 4.79 Å². The third kappa shape index (κ3) is 3.23. The molecule has 0 fully saturated rings. The number of ketones is 1. The van der Waals surface area contributed by atoms with Gasteiger partial charge in [-0.3, -0.25) is 9.48 Å². The first-order chi connectivity index (χ1) is 8.17. The Kier molecular flexibility index (Phi) is 3.68. The van der Waals surface area contributed by atoms with Crippen molar-refractivity contribution in [1.29, 1.82) is 0 Å². The molecule has 0 amide bonds. The van der Waals surface area contributed by atoms with Crippen molar-refractivity contribution in [2.45, 2.75) is 33.2 Å². The molecule has 0 aliphatic heterocycles. The number of carbonyl (C=O) groups is 1. The van der Waals surface area contributed by atoms with Gasteiger partial charge in [0.25, 0.3) is 0 Å². The first kappa shape index (κ1) is 12.0. The Morgan fingerprint density at radius 3 is 2.88 bits per heavy atom. The van der Waals surface area contributed by atoms with Gasteiger partial charge in [0.2, 0.25) is 0 Å². The Morgan fingerprint density at radius 1 is 1.47 bits per heavy atom. The summed E-state index contributed by atoms with van der Waals surface area (Å²) in [7, 11) is 0. The van der Waals surface area contributed by atoms with Crippen molar-refractivity contribution in [3.05, 3.63) is 34.0 Å². The minimum absolute atomic E-state index is 0.190. The molecular weight excluding hydrogens is 234 g/mol. The average Bonchev–Trinajstić information content (AvgIpc) is 2.88. The van der Waals surface area contributed by atoms with Gasteiger partial charge in [0.05, 0.1) is 12.6 Å². The van der Waals surface area contributed by atoms with E-state index in [0.29, 0.717) is 12.8 Å². The molecule has 2 heterocycles. The second kappa shape index (κ2) is 5.23. The summed E-state index contributed by atoms with van der Waals surface area (Å²) in [5.74, 6) is 0.190. The number of thiazole rings is 1. The van der Waals surface area contributed by atoms with E-state index < -0.39 is 0 Å². The Labute approximate surface area is 104 Å². The highest BCUT2D eigenvalue weighted by molar-refractivity contribution is 7.09. The molecule has 0 radical (unpaired) electrons. The van der Waals surface area contributed by atoms with E-state index in [2.05, 4.69) is 10.1 Å². The molecule has 0 spiro atoms. The number of nitrogens with zero attached hydrogens (tertiary/aromatic N) is 3. The van der Waals surface area contributed by atoms with Crippen LogP contribution in [0, 0.1) is 6.92 Å². The molecule has 0 unspecified atom stereocenters. The highest BCUT2D eigenvalue weighted by atomic mass is 32.1. The summed E-state index contributed by atoms with van der Waals surface area (Å²) in [4.78, 5) is 16.1. The lowest BCUT2D eigenvalue weighted by Gasteiger charge is -1.95. The molecule has 0 saturated heterocycles. The van der Waals surface area contributed by atoms with Crippen molar-refractivity contribution in [2.75, 3.05) is 0 Å². The number of aromatic nitrogens is 3. The largest absolute Gasteiger partial charge is 0.299 e. The number of hydrogen-bond acceptors (Lipinski definition) is 4. The number of carbonyl (C=O) groups excluding carboxylic acids is 1. The van der Waals surface area contributed by atoms with Crippen LogP contribution in [0.4, 0.5) is 0 Å². The summed E-state index contributed by atoms with van der Waals surface area (Å²) in [5, 5.41) is 7.02. The molecule has 5 heteroatoms. The molecule has 0 aliphatic rings. The zero-order chi connectivity index (χ0) is 12.3. The summed E-state index contributed by atoms with van der Waals surface area (Å²) in [6, 6.07) is 0. The molecule has 17 heavy (non-hydrogen) atoms. The summed E-state index contributed by atoms with van der Waals surface area (Å²) in [6.45, 7) is 4.80. The van der Waals surface area contributed by atoms with Crippen LogP contribution in [0.2, 0.25) is 0 Å². The molecule has 0 aromatic carbocycles. The van der Waals surface area contributed by atoms with Gasteiger partial charge in [-0.15, -0.1) is 11.3 Å². The molecule has 2 rings (SSSR count). The minimum Gasteiger partial charge on any atom is -0.299 e. The maximum Gasteiger partial charge on any atom is 0.144 e. The molecular formula is C12H15N3OS. The van der Waals surface area contributed by atoms with Crippen LogP contribution in [0.15, 0.2) is 17.8 Å². The predicted molar refractivity (Wildman–Crippen MR) is 67.2 cm³/mol. The van der Waals surface area contributed by atoms with Crippen LogP contribution in [-0.2, 0) is 24.2 Å². The quantitative estimate of drug-likeness (QED) is 0.814. The van der Waals surface area contributed by atoms with Gasteiger partial charge in [-0.2, -0.15) is 5.10 Å². The lowest BCUT2D eigenvalue weighted by Crippen LogP contribution is -2.05. The number of rotatable bonds is 5. The van der Waals surface area contributed by atoms with Gasteiger partial charge in [-0.1, -0.05) is 0 Å². The second-order valence-corrected chi connectivity index (χ2v) is 4.92. The Hall–Kier alpha value is -1.49. The molecule has 2 aromatic heterocycles. The van der Waals surface area contributed by atoms with Gasteiger partial charge in [0, 0.05) is 30.2 Å². The maximum absolute atomic E-state index is 11.8. The third-order valence-electron chi connectivity index (χ3n) is 2.43. The molecule has 2 aromatic rings. The highest BCUT2D eigenvalue weighted by Crippen LogP contribution is 2.11. The fourth-order valence-electron chi connectivity index (χ4n) is 1.61. The molecule has 0 aliphatic carbocycles. The lowest BCUT2D eigenvalue weighted by molar-refractivity contribution is -0.117. The molecule has 0 bridgehead atoms. The Morgan fingerprint density at radius 2 is 2.29 bits per heavy atom. The van der Waals surface area contributed by atoms with Gasteiger partial charge >= 0.3 is 0 Å². The monoisotopic (exact) mass is 249 g/mol. The lowest BCUT2D eigenvalue weighted by atomic mass is 10.1. The summed E-state index contributed by atoms with van der Waals surface area (Å²) >= 11 is 1.55. The second-order valence-electron chi connectivity index (χ2n) is 3.98. The Balaban J connectivity index is 1.93. The highest BCUT2D eigenvalue weighted by Gasteiger charge is 2.09. The topological polar surface area (TPSA) is 47.8 Å². The van der Waals surface area contributed by atoms with Gasteiger partial charge in [-0.05, 0) is 19.4 Å². The summed E-state index contributed by atoms with van der Waals surface area (Å²) in [6.07, 6.45) is 4.55. The van der Waals surface area contributed by atoms with E-state index in [0.717, 1.165) is 22.8 Å². The first-order valence-electron chi connectivity index (χ1n) is 5.61. The molecule has 0 N–H and O–H groups in total. The van der Waals surface area contributed by atoms with Crippen molar-refractivity contribution in [1.82, 2.24) is 14.8 Å². The van der Waals surface area contributed by atoms with Crippen LogP contribution < -0.4 is 0 Å². The third-order valence-corrected chi connectivity index (χ3v) is 3.39. The molecule has 4 nitrogen and oxygen atoms in total. The number of hydrogen-bond donors (Lipinski definition) is 0. The molecule has 90 valence electrons. The standard InChI is InChI=1S/C12H15N3OS/c1-3-15-7-10(6-13-15)4-11(16)5-12-14-9(2)8-17-12/h6-8H,3-5H2,1-2H3. The minimum atomic E-state index is 0.190. The van der Waals surface area contributed by atoms with Gasteiger partial charge in [0.15, 0.2) is 0 Å². The van der Waals surface area contributed by atoms with Crippen LogP contribution in [0.3, 0.4) is 0 Å². The van der Waals surface area contributed by atoms with Crippen LogP contribution in [0.5, 0.6) is 0 Å². The number of aryl methyl sites for hydroxylation is 2. The predicted octanol–water partition coefficient (Wildman–Crippen LogP) is 2.02. The first-order valence-corrected chi connectivity index (χ1v) is 6.49. The normalized spacial score (nSPS) is 10.7. The van der Waals surface area contributed by atoms with Crippen LogP contribution in [0.25, 0.3) is 0 Å². The van der Waals surface area contributed by atoms with E-state index in [9.17, 15) is 4.79 Å². The fourth-order valence-corrected chi connectivity index (χ4v) is 2.41. The van der Waals surface area contributed by atoms with E-state index in [1.54, 1.807) is 17.5 Å². The van der Waals surface area contributed by atoms with Gasteiger partial charge in [-0.25, -0.2) is 4.98 Å². The number of Topliss-reactive ketones (excluding diaryl/α,β-unsaturated/α-hetero) is 1. The van der Waals surface area contributed by atoms with Crippen molar-refractivity contribution in [3.8, 4) is 0 Å². The van der Waals surface area contributed by atoms with E-state index >= 15 is 0 Å². The van der Waals surface area contributed by atoms with Crippen LogP contribution in [-0.4, -0.2) is 20.5 Å². The molecule has 0 atom stereocenters. The van der Waals surface area contributed by atoms with E-state index in [1.807, 2.05) is 30.1 Å². The molecule has 0 saturated carbocycles. The summed E-state index contributed by atoms with van der Waals surface area (Å²) < 4.78 is 1.83. The van der Waals surface area contributed by atoms with Crippen molar-refractivity contribution in [3.63, 3.8) is 0 Å². The average molecular weight is 249 g/mol. The van der Waals surface area contributed by atoms with Crippen LogP contribution in [0.1, 0.15) is 23.2 Å². The van der Waals surface area contributed by atoms with E-state index in [1.165, 1.54) is 0 Å². The van der Waals surface area contributed by atoms with Gasteiger partial charge < -0.3 is 0 Å². The van der Waals surface area contributed by atoms with E-state index in [-0.39, 0.29) is 5.78 Å². The van der Waals surface area contributed by atoms with Gasteiger partial charge in [0.1, 0.15) is 10.8 Å². The Bertz CT molecular complexity index is 515.